The van der Waals surface area contributed by atoms with E-state index in [2.05, 4.69) is 15.4 Å². The Kier molecular flexibility index (Phi) is 5.97. The summed E-state index contributed by atoms with van der Waals surface area (Å²) in [5.41, 5.74) is 1.86. The minimum absolute atomic E-state index is 0.0222. The fraction of sp³-hybridized carbons (Fsp3) is 0. The van der Waals surface area contributed by atoms with Gasteiger partial charge in [-0.25, -0.2) is 9.67 Å². The molecule has 0 atom stereocenters. The van der Waals surface area contributed by atoms with Crippen molar-refractivity contribution in [3.63, 3.8) is 0 Å². The lowest BCUT2D eigenvalue weighted by molar-refractivity contribution is 0.101. The summed E-state index contributed by atoms with van der Waals surface area (Å²) in [6, 6.07) is 18.9. The van der Waals surface area contributed by atoms with Gasteiger partial charge >= 0.3 is 0 Å². The average molecular weight is 478 g/mol. The third kappa shape index (κ3) is 4.45. The van der Waals surface area contributed by atoms with Gasteiger partial charge in [-0.2, -0.15) is 0 Å². The summed E-state index contributed by atoms with van der Waals surface area (Å²) in [7, 11) is 0. The number of hydrogen-bond donors (Lipinski definition) is 1. The van der Waals surface area contributed by atoms with Crippen molar-refractivity contribution in [2.24, 2.45) is 0 Å². The first-order chi connectivity index (χ1) is 14.4. The number of carbonyl (C=O) groups excluding carboxylic acids is 1. The zero-order valence-electron chi connectivity index (χ0n) is 15.1. The molecule has 1 amide bonds. The number of nitrogens with one attached hydrogen (secondary N) is 1. The van der Waals surface area contributed by atoms with Crippen LogP contribution in [0.2, 0.25) is 20.1 Å². The van der Waals surface area contributed by atoms with Gasteiger partial charge in [0.15, 0.2) is 5.82 Å². The van der Waals surface area contributed by atoms with Crippen LogP contribution in [0.15, 0.2) is 66.7 Å². The lowest BCUT2D eigenvalue weighted by Gasteiger charge is -2.07. The Morgan fingerprint density at radius 2 is 1.60 bits per heavy atom. The zero-order valence-corrected chi connectivity index (χ0v) is 18.1. The molecule has 1 N–H and O–H groups in total. The molecular weight excluding hydrogens is 466 g/mol. The van der Waals surface area contributed by atoms with Crippen molar-refractivity contribution >= 4 is 58.0 Å². The zero-order chi connectivity index (χ0) is 21.3. The molecule has 4 aromatic rings. The number of halogens is 4. The molecule has 5 nitrogen and oxygen atoms in total. The van der Waals surface area contributed by atoms with Crippen LogP contribution in [0.5, 0.6) is 0 Å². The Balaban J connectivity index is 1.77. The lowest BCUT2D eigenvalue weighted by Crippen LogP contribution is -2.14. The molecule has 1 heterocycles. The standard InChI is InChI=1S/C21H12Cl4N4O/c22-13-6-4-12(5-7-13)20-27-19(21(30)26-15-3-1-2-14(23)10-15)28-29(20)16-8-9-17(24)18(25)11-16/h1-11H,(H,26,30). The van der Waals surface area contributed by atoms with Gasteiger partial charge in [0.2, 0.25) is 5.82 Å². The highest BCUT2D eigenvalue weighted by Crippen LogP contribution is 2.28. The summed E-state index contributed by atoms with van der Waals surface area (Å²) in [5, 5.41) is 8.99. The second-order valence-electron chi connectivity index (χ2n) is 6.24. The van der Waals surface area contributed by atoms with Crippen molar-refractivity contribution in [1.29, 1.82) is 0 Å². The molecule has 0 fully saturated rings. The maximum Gasteiger partial charge on any atom is 0.295 e. The van der Waals surface area contributed by atoms with Crippen LogP contribution in [0, 0.1) is 0 Å². The van der Waals surface area contributed by atoms with Crippen molar-refractivity contribution < 1.29 is 4.79 Å². The molecule has 0 unspecified atom stereocenters. The van der Waals surface area contributed by atoms with Gasteiger partial charge in [-0.15, -0.1) is 5.10 Å². The molecule has 9 heteroatoms. The van der Waals surface area contributed by atoms with E-state index in [1.807, 2.05) is 0 Å². The molecule has 0 aliphatic heterocycles. The predicted octanol–water partition coefficient (Wildman–Crippen LogP) is 6.80. The van der Waals surface area contributed by atoms with Crippen LogP contribution in [-0.4, -0.2) is 20.7 Å². The fourth-order valence-corrected chi connectivity index (χ4v) is 3.35. The SMILES string of the molecule is O=C(Nc1cccc(Cl)c1)c1nc(-c2ccc(Cl)cc2)n(-c2ccc(Cl)c(Cl)c2)n1. The van der Waals surface area contributed by atoms with E-state index in [-0.39, 0.29) is 5.82 Å². The first kappa shape index (κ1) is 20.7. The van der Waals surface area contributed by atoms with E-state index in [9.17, 15) is 4.79 Å². The Hall–Kier alpha value is -2.57. The molecule has 0 aliphatic carbocycles. The molecule has 0 aliphatic rings. The maximum absolute atomic E-state index is 12.8. The van der Waals surface area contributed by atoms with Crippen LogP contribution in [-0.2, 0) is 0 Å². The van der Waals surface area contributed by atoms with Crippen LogP contribution in [0.1, 0.15) is 10.6 Å². The number of aromatic nitrogens is 3. The highest BCUT2D eigenvalue weighted by Gasteiger charge is 2.19. The van der Waals surface area contributed by atoms with Crippen molar-refractivity contribution in [2.45, 2.75) is 0 Å². The Bertz CT molecular complexity index is 1240. The van der Waals surface area contributed by atoms with Gasteiger partial charge in [0.25, 0.3) is 5.91 Å². The maximum atomic E-state index is 12.8. The number of benzene rings is 3. The summed E-state index contributed by atoms with van der Waals surface area (Å²) in [5.74, 6) is -0.0569. The van der Waals surface area contributed by atoms with E-state index in [0.29, 0.717) is 37.3 Å². The Labute approximate surface area is 192 Å². The minimum atomic E-state index is -0.480. The van der Waals surface area contributed by atoms with E-state index in [1.54, 1.807) is 66.7 Å². The Morgan fingerprint density at radius 1 is 0.833 bits per heavy atom. The van der Waals surface area contributed by atoms with Crippen molar-refractivity contribution in [3.05, 3.63) is 92.6 Å². The van der Waals surface area contributed by atoms with Gasteiger partial charge in [0, 0.05) is 21.3 Å². The van der Waals surface area contributed by atoms with Gasteiger partial charge in [-0.05, 0) is 60.7 Å². The highest BCUT2D eigenvalue weighted by molar-refractivity contribution is 6.42. The van der Waals surface area contributed by atoms with Gasteiger partial charge in [0.1, 0.15) is 0 Å². The molecule has 30 heavy (non-hydrogen) atoms. The average Bonchev–Trinajstić information content (AvgIpc) is 3.16. The number of carbonyl (C=O) groups is 1. The summed E-state index contributed by atoms with van der Waals surface area (Å²) < 4.78 is 1.53. The number of amides is 1. The van der Waals surface area contributed by atoms with Crippen molar-refractivity contribution in [1.82, 2.24) is 14.8 Å². The third-order valence-corrected chi connectivity index (χ3v) is 5.37. The second kappa shape index (κ2) is 8.66. The first-order valence-electron chi connectivity index (χ1n) is 8.66. The van der Waals surface area contributed by atoms with Crippen molar-refractivity contribution in [2.75, 3.05) is 5.32 Å². The molecule has 0 saturated carbocycles. The minimum Gasteiger partial charge on any atom is -0.319 e. The van der Waals surface area contributed by atoms with E-state index < -0.39 is 5.91 Å². The number of nitrogens with zero attached hydrogens (tertiary/aromatic N) is 3. The molecule has 0 bridgehead atoms. The molecule has 1 aromatic heterocycles. The largest absolute Gasteiger partial charge is 0.319 e. The van der Waals surface area contributed by atoms with Crippen molar-refractivity contribution in [3.8, 4) is 17.1 Å². The molecule has 0 radical (unpaired) electrons. The van der Waals surface area contributed by atoms with Crippen LogP contribution in [0.3, 0.4) is 0 Å². The summed E-state index contributed by atoms with van der Waals surface area (Å²) in [6.07, 6.45) is 0. The normalized spacial score (nSPS) is 10.8. The Morgan fingerprint density at radius 3 is 2.30 bits per heavy atom. The number of hydrogen-bond acceptors (Lipinski definition) is 3. The highest BCUT2D eigenvalue weighted by atomic mass is 35.5. The van der Waals surface area contributed by atoms with Crippen LogP contribution < -0.4 is 5.32 Å². The smallest absolute Gasteiger partial charge is 0.295 e. The predicted molar refractivity (Wildman–Crippen MR) is 121 cm³/mol. The quantitative estimate of drug-likeness (QED) is 0.351. The third-order valence-electron chi connectivity index (χ3n) is 4.14. The molecule has 4 rings (SSSR count). The van der Waals surface area contributed by atoms with Gasteiger partial charge in [-0.3, -0.25) is 4.79 Å². The van der Waals surface area contributed by atoms with E-state index in [4.69, 9.17) is 46.4 Å². The second-order valence-corrected chi connectivity index (χ2v) is 7.93. The monoisotopic (exact) mass is 476 g/mol. The van der Waals surface area contributed by atoms with Crippen LogP contribution >= 0.6 is 46.4 Å². The topological polar surface area (TPSA) is 59.8 Å². The van der Waals surface area contributed by atoms with Crippen LogP contribution in [0.4, 0.5) is 5.69 Å². The molecule has 3 aromatic carbocycles. The molecule has 0 saturated heterocycles. The fourth-order valence-electron chi connectivity index (χ4n) is 2.74. The van der Waals surface area contributed by atoms with Gasteiger partial charge in [-0.1, -0.05) is 52.5 Å². The van der Waals surface area contributed by atoms with E-state index >= 15 is 0 Å². The van der Waals surface area contributed by atoms with Crippen LogP contribution in [0.25, 0.3) is 17.1 Å². The molecular formula is C21H12Cl4N4O. The van der Waals surface area contributed by atoms with E-state index in [1.165, 1.54) is 4.68 Å². The van der Waals surface area contributed by atoms with E-state index in [0.717, 1.165) is 5.56 Å². The number of rotatable bonds is 4. The summed E-state index contributed by atoms with van der Waals surface area (Å²) in [4.78, 5) is 17.2. The number of anilines is 1. The molecule has 0 spiro atoms. The lowest BCUT2D eigenvalue weighted by atomic mass is 10.2. The first-order valence-corrected chi connectivity index (χ1v) is 10.2. The summed E-state index contributed by atoms with van der Waals surface area (Å²) in [6.45, 7) is 0. The van der Waals surface area contributed by atoms with Gasteiger partial charge in [0.05, 0.1) is 15.7 Å². The summed E-state index contributed by atoms with van der Waals surface area (Å²) >= 11 is 24.2. The van der Waals surface area contributed by atoms with Gasteiger partial charge < -0.3 is 5.32 Å². The molecule has 150 valence electrons.